The molecule has 1 aromatic rings. The molecule has 0 fully saturated rings. The Hall–Kier alpha value is -1.60. The van der Waals surface area contributed by atoms with Crippen molar-refractivity contribution >= 4 is 17.3 Å². The molecule has 1 unspecified atom stereocenters. The van der Waals surface area contributed by atoms with Gasteiger partial charge < -0.3 is 21.2 Å². The Morgan fingerprint density at radius 2 is 2.13 bits per heavy atom. The molecule has 6 N–H and O–H groups in total. The van der Waals surface area contributed by atoms with Gasteiger partial charge in [0, 0.05) is 13.2 Å². The van der Waals surface area contributed by atoms with E-state index in [0.717, 1.165) is 0 Å². The Labute approximate surface area is 88.2 Å². The number of methoxy groups -OCH3 is 1. The highest BCUT2D eigenvalue weighted by atomic mass is 16.5. The topological polar surface area (TPSA) is 111 Å². The highest BCUT2D eigenvalue weighted by molar-refractivity contribution is 5.73. The van der Waals surface area contributed by atoms with Crippen LogP contribution >= 0.6 is 0 Å². The van der Waals surface area contributed by atoms with E-state index in [4.69, 9.17) is 16.3 Å². The number of ether oxygens (including phenoxy) is 1. The number of aromatic nitrogens is 2. The van der Waals surface area contributed by atoms with Crippen LogP contribution in [0, 0.1) is 0 Å². The molecule has 7 heteroatoms. The van der Waals surface area contributed by atoms with Gasteiger partial charge in [0.25, 0.3) is 0 Å². The maximum atomic E-state index is 5.77. The molecule has 0 saturated heterocycles. The third-order valence-corrected chi connectivity index (χ3v) is 1.82. The SMILES string of the molecule is COCC(C)Nc1ncnc(NN)c1N. The number of anilines is 3. The first-order chi connectivity index (χ1) is 7.19. The van der Waals surface area contributed by atoms with E-state index in [1.165, 1.54) is 6.33 Å². The maximum Gasteiger partial charge on any atom is 0.168 e. The van der Waals surface area contributed by atoms with Crippen LogP contribution in [0.4, 0.5) is 17.3 Å². The van der Waals surface area contributed by atoms with Crippen LogP contribution in [0.2, 0.25) is 0 Å². The van der Waals surface area contributed by atoms with Crippen molar-refractivity contribution in [2.75, 3.05) is 30.2 Å². The Balaban J connectivity index is 2.76. The van der Waals surface area contributed by atoms with Crippen molar-refractivity contribution in [2.24, 2.45) is 5.84 Å². The first-order valence-electron chi connectivity index (χ1n) is 4.51. The van der Waals surface area contributed by atoms with Crippen molar-refractivity contribution in [3.8, 4) is 0 Å². The van der Waals surface area contributed by atoms with Crippen molar-refractivity contribution in [3.63, 3.8) is 0 Å². The van der Waals surface area contributed by atoms with E-state index < -0.39 is 0 Å². The van der Waals surface area contributed by atoms with E-state index in [1.54, 1.807) is 7.11 Å². The maximum absolute atomic E-state index is 5.77. The molecule has 0 aromatic carbocycles. The lowest BCUT2D eigenvalue weighted by Crippen LogP contribution is -2.23. The second-order valence-electron chi connectivity index (χ2n) is 3.13. The number of nitrogens with two attached hydrogens (primary N) is 2. The number of hydrazine groups is 1. The fraction of sp³-hybridized carbons (Fsp3) is 0.500. The van der Waals surface area contributed by atoms with Crippen molar-refractivity contribution in [1.29, 1.82) is 0 Å². The second-order valence-corrected chi connectivity index (χ2v) is 3.13. The summed E-state index contributed by atoms with van der Waals surface area (Å²) in [5.74, 6) is 6.18. The minimum atomic E-state index is 0.109. The van der Waals surface area contributed by atoms with E-state index in [9.17, 15) is 0 Å². The minimum Gasteiger partial charge on any atom is -0.393 e. The zero-order valence-electron chi connectivity index (χ0n) is 8.82. The third kappa shape index (κ3) is 2.93. The van der Waals surface area contributed by atoms with Gasteiger partial charge in [-0.1, -0.05) is 0 Å². The highest BCUT2D eigenvalue weighted by Crippen LogP contribution is 2.21. The summed E-state index contributed by atoms with van der Waals surface area (Å²) in [5, 5.41) is 3.09. The van der Waals surface area contributed by atoms with Crippen LogP contribution in [-0.2, 0) is 4.74 Å². The molecule has 1 rings (SSSR count). The lowest BCUT2D eigenvalue weighted by Gasteiger charge is -2.15. The highest BCUT2D eigenvalue weighted by Gasteiger charge is 2.09. The van der Waals surface area contributed by atoms with E-state index in [0.29, 0.717) is 23.9 Å². The smallest absolute Gasteiger partial charge is 0.168 e. The third-order valence-electron chi connectivity index (χ3n) is 1.82. The predicted octanol–water partition coefficient (Wildman–Crippen LogP) is -0.209. The van der Waals surface area contributed by atoms with Gasteiger partial charge in [-0.15, -0.1) is 0 Å². The van der Waals surface area contributed by atoms with Gasteiger partial charge in [0.05, 0.1) is 6.61 Å². The summed E-state index contributed by atoms with van der Waals surface area (Å²) in [7, 11) is 1.63. The summed E-state index contributed by atoms with van der Waals surface area (Å²) in [6.45, 7) is 2.52. The summed E-state index contributed by atoms with van der Waals surface area (Å²) >= 11 is 0. The molecule has 0 aliphatic heterocycles. The van der Waals surface area contributed by atoms with E-state index in [1.807, 2.05) is 6.92 Å². The molecule has 1 aromatic heterocycles. The monoisotopic (exact) mass is 212 g/mol. The second kappa shape index (κ2) is 5.32. The van der Waals surface area contributed by atoms with Crippen LogP contribution in [0.1, 0.15) is 6.92 Å². The Bertz CT molecular complexity index is 318. The number of nitrogen functional groups attached to an aromatic ring is 2. The zero-order valence-corrected chi connectivity index (χ0v) is 8.82. The molecular weight excluding hydrogens is 196 g/mol. The molecule has 0 spiro atoms. The van der Waals surface area contributed by atoms with Crippen molar-refractivity contribution < 1.29 is 4.74 Å². The summed E-state index contributed by atoms with van der Waals surface area (Å²) in [4.78, 5) is 7.88. The van der Waals surface area contributed by atoms with E-state index >= 15 is 0 Å². The molecule has 15 heavy (non-hydrogen) atoms. The largest absolute Gasteiger partial charge is 0.393 e. The summed E-state index contributed by atoms with van der Waals surface area (Å²) in [5.41, 5.74) is 8.55. The molecule has 0 amide bonds. The number of nitrogens with zero attached hydrogens (tertiary/aromatic N) is 2. The average molecular weight is 212 g/mol. The van der Waals surface area contributed by atoms with Crippen molar-refractivity contribution in [3.05, 3.63) is 6.33 Å². The average Bonchev–Trinajstić information content (AvgIpc) is 2.21. The fourth-order valence-corrected chi connectivity index (χ4v) is 1.15. The van der Waals surface area contributed by atoms with Gasteiger partial charge in [-0.3, -0.25) is 0 Å². The molecule has 84 valence electrons. The molecule has 0 radical (unpaired) electrons. The number of rotatable bonds is 5. The van der Waals surface area contributed by atoms with Crippen LogP contribution < -0.4 is 22.3 Å². The van der Waals surface area contributed by atoms with Gasteiger partial charge in [0.2, 0.25) is 0 Å². The van der Waals surface area contributed by atoms with Crippen LogP contribution in [-0.4, -0.2) is 29.7 Å². The Morgan fingerprint density at radius 1 is 1.47 bits per heavy atom. The lowest BCUT2D eigenvalue weighted by atomic mass is 10.3. The quantitative estimate of drug-likeness (QED) is 0.394. The van der Waals surface area contributed by atoms with Gasteiger partial charge in [0.1, 0.15) is 12.0 Å². The van der Waals surface area contributed by atoms with Crippen molar-refractivity contribution in [1.82, 2.24) is 9.97 Å². The van der Waals surface area contributed by atoms with Crippen molar-refractivity contribution in [2.45, 2.75) is 13.0 Å². The van der Waals surface area contributed by atoms with Gasteiger partial charge in [0.15, 0.2) is 11.6 Å². The van der Waals surface area contributed by atoms with Crippen LogP contribution in [0.5, 0.6) is 0 Å². The molecule has 1 atom stereocenters. The number of nitrogens with one attached hydrogen (secondary N) is 2. The predicted molar refractivity (Wildman–Crippen MR) is 59.2 cm³/mol. The molecule has 0 saturated carbocycles. The molecule has 7 nitrogen and oxygen atoms in total. The van der Waals surface area contributed by atoms with Crippen LogP contribution in [0.25, 0.3) is 0 Å². The molecule has 0 aliphatic rings. The number of hydrogen-bond donors (Lipinski definition) is 4. The number of hydrogen-bond acceptors (Lipinski definition) is 7. The van der Waals surface area contributed by atoms with E-state index in [-0.39, 0.29) is 6.04 Å². The lowest BCUT2D eigenvalue weighted by molar-refractivity contribution is 0.190. The minimum absolute atomic E-state index is 0.109. The standard InChI is InChI=1S/C8H16N6O/c1-5(3-15-2)13-7-6(9)8(14-10)12-4-11-7/h4-5H,3,9-10H2,1-2H3,(H2,11,12,13,14). The Kier molecular flexibility index (Phi) is 4.07. The van der Waals surface area contributed by atoms with Gasteiger partial charge in [-0.2, -0.15) is 0 Å². The molecule has 0 bridgehead atoms. The van der Waals surface area contributed by atoms with Crippen LogP contribution in [0.3, 0.4) is 0 Å². The van der Waals surface area contributed by atoms with Crippen LogP contribution in [0.15, 0.2) is 6.33 Å². The Morgan fingerprint density at radius 3 is 2.73 bits per heavy atom. The zero-order chi connectivity index (χ0) is 11.3. The summed E-state index contributed by atoms with van der Waals surface area (Å²) in [6.07, 6.45) is 1.38. The van der Waals surface area contributed by atoms with E-state index in [2.05, 4.69) is 20.7 Å². The summed E-state index contributed by atoms with van der Waals surface area (Å²) < 4.78 is 4.99. The molecule has 1 heterocycles. The summed E-state index contributed by atoms with van der Waals surface area (Å²) in [6, 6.07) is 0.109. The fourth-order valence-electron chi connectivity index (χ4n) is 1.15. The van der Waals surface area contributed by atoms with Gasteiger partial charge in [-0.25, -0.2) is 15.8 Å². The first kappa shape index (κ1) is 11.5. The molecular formula is C8H16N6O. The van der Waals surface area contributed by atoms with Gasteiger partial charge >= 0.3 is 0 Å². The first-order valence-corrected chi connectivity index (χ1v) is 4.51. The molecule has 0 aliphatic carbocycles. The normalized spacial score (nSPS) is 12.2. The van der Waals surface area contributed by atoms with Gasteiger partial charge in [-0.05, 0) is 6.92 Å².